The molecule has 0 spiro atoms. The minimum absolute atomic E-state index is 0.0439. The van der Waals surface area contributed by atoms with Crippen LogP contribution in [0, 0.1) is 0 Å². The molecule has 5 aromatic carbocycles. The van der Waals surface area contributed by atoms with Gasteiger partial charge in [0.25, 0.3) is 5.91 Å². The number of carboxylic acids is 1. The maximum Gasteiger partial charge on any atom is 0.326 e. The molecule has 2 bridgehead atoms. The Balaban J connectivity index is 1.23. The Morgan fingerprint density at radius 1 is 0.610 bits per heavy atom. The molecule has 2 aliphatic heterocycles. The summed E-state index contributed by atoms with van der Waals surface area (Å²) in [5, 5.41) is 22.3. The lowest BCUT2D eigenvalue weighted by molar-refractivity contribution is -0.142. The fourth-order valence-corrected chi connectivity index (χ4v) is 7.22. The van der Waals surface area contributed by atoms with Crippen molar-refractivity contribution >= 4 is 40.5 Å². The summed E-state index contributed by atoms with van der Waals surface area (Å²) in [5.41, 5.74) is 5.87. The standard InChI is InChI=1S/C47H45N5O7/c53-43-29-59-36-22-17-32(18-23-36)26-42(47(57)58)52-44(54)39(24-19-30-9-3-1-4-10-30)50-45(55)40(25-31-15-20-34(21-16-31)33-11-5-2-6-12-33)51-46(56)41(49-43)27-35-28-48-38-14-8-7-13-37(35)38/h1-18,20-23,28,39-42,48H,19,24-27,29H2,(H,49,53)(H,50,55)(H,51,56)(H,52,54)(H,57,58)/t39-,40+,41-,42-/m0/s1. The average Bonchev–Trinajstić information content (AvgIpc) is 3.67. The molecule has 12 nitrogen and oxygen atoms in total. The van der Waals surface area contributed by atoms with Crippen LogP contribution in [0.5, 0.6) is 5.75 Å². The van der Waals surface area contributed by atoms with Crippen molar-refractivity contribution in [2.75, 3.05) is 6.61 Å². The van der Waals surface area contributed by atoms with Crippen LogP contribution < -0.4 is 26.0 Å². The number of para-hydroxylation sites is 1. The number of aryl methyl sites for hydroxylation is 1. The van der Waals surface area contributed by atoms with Crippen molar-refractivity contribution in [2.24, 2.45) is 0 Å². The maximum atomic E-state index is 14.5. The SMILES string of the molecule is O=C1COc2ccc(cc2)C[C@@H](C(=O)O)NC(=O)[C@H](CCc2ccccc2)NC(=O)[C@@H](Cc2ccc(-c3ccccc3)cc2)NC(=O)[C@H](Cc2c[nH]c3ccccc23)N1. The first-order valence-electron chi connectivity index (χ1n) is 19.6. The first-order valence-corrected chi connectivity index (χ1v) is 19.6. The van der Waals surface area contributed by atoms with Gasteiger partial charge in [-0.05, 0) is 64.4 Å². The summed E-state index contributed by atoms with van der Waals surface area (Å²) >= 11 is 0. The second kappa shape index (κ2) is 18.8. The van der Waals surface area contributed by atoms with E-state index < -0.39 is 60.4 Å². The predicted octanol–water partition coefficient (Wildman–Crippen LogP) is 4.91. The van der Waals surface area contributed by atoms with Gasteiger partial charge in [0.05, 0.1) is 0 Å². The van der Waals surface area contributed by atoms with Gasteiger partial charge in [-0.15, -0.1) is 0 Å². The quantitative estimate of drug-likeness (QED) is 0.113. The van der Waals surface area contributed by atoms with Gasteiger partial charge in [-0.3, -0.25) is 19.2 Å². The predicted molar refractivity (Wildman–Crippen MR) is 223 cm³/mol. The van der Waals surface area contributed by atoms with Crippen molar-refractivity contribution in [3.63, 3.8) is 0 Å². The van der Waals surface area contributed by atoms with Crippen LogP contribution in [0.1, 0.15) is 28.7 Å². The van der Waals surface area contributed by atoms with E-state index in [0.717, 1.165) is 38.7 Å². The van der Waals surface area contributed by atoms with Crippen LogP contribution in [-0.2, 0) is 49.7 Å². The van der Waals surface area contributed by atoms with E-state index in [2.05, 4.69) is 26.3 Å². The Kier molecular flexibility index (Phi) is 12.8. The Hall–Kier alpha value is -7.21. The number of fused-ring (bicyclic) bond motifs is 17. The monoisotopic (exact) mass is 791 g/mol. The molecule has 0 radical (unpaired) electrons. The zero-order valence-corrected chi connectivity index (χ0v) is 32.2. The zero-order valence-electron chi connectivity index (χ0n) is 32.2. The molecule has 0 saturated heterocycles. The smallest absolute Gasteiger partial charge is 0.326 e. The van der Waals surface area contributed by atoms with Crippen molar-refractivity contribution in [2.45, 2.75) is 56.3 Å². The number of aromatic nitrogens is 1. The molecule has 59 heavy (non-hydrogen) atoms. The summed E-state index contributed by atoms with van der Waals surface area (Å²) in [5.74, 6) is -3.42. The van der Waals surface area contributed by atoms with Gasteiger partial charge in [0, 0.05) is 36.4 Å². The number of hydrogen-bond acceptors (Lipinski definition) is 6. The van der Waals surface area contributed by atoms with Gasteiger partial charge in [0.2, 0.25) is 17.7 Å². The van der Waals surface area contributed by atoms with Crippen LogP contribution in [0.3, 0.4) is 0 Å². The molecule has 300 valence electrons. The maximum absolute atomic E-state index is 14.5. The van der Waals surface area contributed by atoms with Gasteiger partial charge in [-0.2, -0.15) is 0 Å². The van der Waals surface area contributed by atoms with E-state index in [4.69, 9.17) is 4.74 Å². The minimum atomic E-state index is -1.32. The van der Waals surface area contributed by atoms with Crippen LogP contribution in [0.4, 0.5) is 0 Å². The summed E-state index contributed by atoms with van der Waals surface area (Å²) < 4.78 is 5.75. The number of H-pyrrole nitrogens is 1. The topological polar surface area (TPSA) is 179 Å². The fourth-order valence-electron chi connectivity index (χ4n) is 7.22. The van der Waals surface area contributed by atoms with Crippen molar-refractivity contribution in [3.05, 3.63) is 162 Å². The fraction of sp³-hybridized carbons (Fsp3) is 0.213. The van der Waals surface area contributed by atoms with Crippen LogP contribution in [0.15, 0.2) is 140 Å². The first kappa shape index (κ1) is 40.0. The molecule has 3 heterocycles. The summed E-state index contributed by atoms with van der Waals surface area (Å²) in [6, 6.07) is 36.2. The van der Waals surface area contributed by atoms with Gasteiger partial charge in [0.15, 0.2) is 6.61 Å². The summed E-state index contributed by atoms with van der Waals surface area (Å²) in [6.45, 7) is -0.411. The molecule has 8 rings (SSSR count). The summed E-state index contributed by atoms with van der Waals surface area (Å²) in [7, 11) is 0. The Morgan fingerprint density at radius 2 is 1.22 bits per heavy atom. The Labute approximate surface area is 341 Å². The molecule has 0 fully saturated rings. The van der Waals surface area contributed by atoms with Gasteiger partial charge >= 0.3 is 5.97 Å². The molecule has 1 aromatic heterocycles. The van der Waals surface area contributed by atoms with Gasteiger partial charge in [-0.25, -0.2) is 4.79 Å². The van der Waals surface area contributed by atoms with Crippen LogP contribution in [0.2, 0.25) is 0 Å². The van der Waals surface area contributed by atoms with E-state index in [0.29, 0.717) is 17.7 Å². The number of aromatic amines is 1. The van der Waals surface area contributed by atoms with Crippen LogP contribution in [0.25, 0.3) is 22.0 Å². The van der Waals surface area contributed by atoms with E-state index in [9.17, 15) is 29.1 Å². The molecule has 0 saturated carbocycles. The van der Waals surface area contributed by atoms with Crippen molar-refractivity contribution in [1.29, 1.82) is 0 Å². The number of benzene rings is 5. The Morgan fingerprint density at radius 3 is 1.93 bits per heavy atom. The molecule has 6 aromatic rings. The van der Waals surface area contributed by atoms with Crippen LogP contribution in [-0.4, -0.2) is 70.5 Å². The number of rotatable bonds is 9. The second-order valence-electron chi connectivity index (χ2n) is 14.6. The first-order chi connectivity index (χ1) is 28.7. The molecule has 4 atom stereocenters. The van der Waals surface area contributed by atoms with E-state index in [1.54, 1.807) is 30.5 Å². The zero-order chi connectivity index (χ0) is 41.1. The third-order valence-electron chi connectivity index (χ3n) is 10.4. The third-order valence-corrected chi connectivity index (χ3v) is 10.4. The lowest BCUT2D eigenvalue weighted by Gasteiger charge is -2.26. The lowest BCUT2D eigenvalue weighted by atomic mass is 9.98. The number of hydrogen-bond donors (Lipinski definition) is 6. The molecular weight excluding hydrogens is 747 g/mol. The van der Waals surface area contributed by atoms with Gasteiger partial charge in [0.1, 0.15) is 29.9 Å². The summed E-state index contributed by atoms with van der Waals surface area (Å²) in [6.07, 6.45) is 2.42. The van der Waals surface area contributed by atoms with E-state index in [1.807, 2.05) is 109 Å². The highest BCUT2D eigenvalue weighted by atomic mass is 16.5. The second-order valence-corrected chi connectivity index (χ2v) is 14.6. The number of amides is 4. The average molecular weight is 792 g/mol. The van der Waals surface area contributed by atoms with E-state index in [1.165, 1.54) is 0 Å². The molecule has 2 aliphatic rings. The number of carbonyl (C=O) groups excluding carboxylic acids is 4. The normalized spacial score (nSPS) is 19.3. The molecule has 4 amide bonds. The number of ether oxygens (including phenoxy) is 1. The Bertz CT molecular complexity index is 2400. The van der Waals surface area contributed by atoms with Crippen molar-refractivity contribution in [3.8, 4) is 16.9 Å². The molecule has 0 aliphatic carbocycles. The number of carboxylic acid groups (broad SMARTS) is 1. The highest BCUT2D eigenvalue weighted by Crippen LogP contribution is 2.22. The molecule has 0 unspecified atom stereocenters. The third kappa shape index (κ3) is 10.6. The molecule has 12 heteroatoms. The highest BCUT2D eigenvalue weighted by Gasteiger charge is 2.32. The lowest BCUT2D eigenvalue weighted by Crippen LogP contribution is -2.59. The molecule has 6 N–H and O–H groups in total. The van der Waals surface area contributed by atoms with Gasteiger partial charge < -0.3 is 36.1 Å². The number of carbonyl (C=O) groups is 5. The van der Waals surface area contributed by atoms with Crippen LogP contribution >= 0.6 is 0 Å². The van der Waals surface area contributed by atoms with E-state index in [-0.39, 0.29) is 25.7 Å². The minimum Gasteiger partial charge on any atom is -0.484 e. The summed E-state index contributed by atoms with van der Waals surface area (Å²) in [4.78, 5) is 72.0. The van der Waals surface area contributed by atoms with Gasteiger partial charge in [-0.1, -0.05) is 115 Å². The van der Waals surface area contributed by atoms with Crippen molar-refractivity contribution < 1.29 is 33.8 Å². The van der Waals surface area contributed by atoms with Crippen molar-refractivity contribution in [1.82, 2.24) is 26.3 Å². The molecular formula is C47H45N5O7. The van der Waals surface area contributed by atoms with E-state index >= 15 is 0 Å². The number of aliphatic carboxylic acids is 1. The highest BCUT2D eigenvalue weighted by molar-refractivity contribution is 5.96. The largest absolute Gasteiger partial charge is 0.484 e. The number of nitrogens with one attached hydrogen (secondary N) is 5.